The lowest BCUT2D eigenvalue weighted by Gasteiger charge is -2.02. The Kier molecular flexibility index (Phi) is 2.78. The molecular formula is C9H11O2. The summed E-state index contributed by atoms with van der Waals surface area (Å²) >= 11 is 0. The van der Waals surface area contributed by atoms with E-state index in [1.54, 1.807) is 12.1 Å². The predicted molar refractivity (Wildman–Crippen MR) is 42.4 cm³/mol. The molecule has 0 aromatic heterocycles. The average Bonchev–Trinajstić information content (AvgIpc) is 2.01. The molecular weight excluding hydrogens is 140 g/mol. The van der Waals surface area contributed by atoms with Crippen molar-refractivity contribution >= 4 is 0 Å². The van der Waals surface area contributed by atoms with Crippen molar-refractivity contribution in [2.75, 3.05) is 6.61 Å². The highest BCUT2D eigenvalue weighted by molar-refractivity contribution is 5.31. The van der Waals surface area contributed by atoms with Gasteiger partial charge in [-0.1, -0.05) is 13.0 Å². The third-order valence-corrected chi connectivity index (χ3v) is 1.28. The molecule has 0 spiro atoms. The first-order chi connectivity index (χ1) is 5.33. The number of ether oxygens (including phenoxy) is 1. The van der Waals surface area contributed by atoms with Crippen LogP contribution in [0.25, 0.3) is 0 Å². The molecule has 0 aliphatic carbocycles. The minimum Gasteiger partial charge on any atom is -0.493 e. The van der Waals surface area contributed by atoms with E-state index in [0.29, 0.717) is 12.4 Å². The molecule has 0 saturated carbocycles. The van der Waals surface area contributed by atoms with Crippen LogP contribution in [-0.2, 0) is 5.11 Å². The lowest BCUT2D eigenvalue weighted by molar-refractivity contribution is 0.310. The SMILES string of the molecule is CCCOc1cccc([O])c1. The van der Waals surface area contributed by atoms with Crippen molar-refractivity contribution in [2.24, 2.45) is 0 Å². The summed E-state index contributed by atoms with van der Waals surface area (Å²) in [6.07, 6.45) is 0.961. The van der Waals surface area contributed by atoms with Gasteiger partial charge in [-0.25, -0.2) is 0 Å². The molecule has 1 rings (SSSR count). The van der Waals surface area contributed by atoms with Gasteiger partial charge in [0.1, 0.15) is 5.75 Å². The summed E-state index contributed by atoms with van der Waals surface area (Å²) in [5.41, 5.74) is 0. The normalized spacial score (nSPS) is 9.55. The molecule has 0 heterocycles. The third kappa shape index (κ3) is 2.50. The Morgan fingerprint density at radius 2 is 2.27 bits per heavy atom. The maximum absolute atomic E-state index is 10.8. The number of hydrogen-bond acceptors (Lipinski definition) is 1. The maximum atomic E-state index is 10.8. The zero-order valence-electron chi connectivity index (χ0n) is 6.54. The largest absolute Gasteiger partial charge is 0.493 e. The minimum absolute atomic E-state index is 0.00129. The summed E-state index contributed by atoms with van der Waals surface area (Å²) in [5, 5.41) is 10.8. The quantitative estimate of drug-likeness (QED) is 0.652. The van der Waals surface area contributed by atoms with E-state index in [9.17, 15) is 5.11 Å². The lowest BCUT2D eigenvalue weighted by Crippen LogP contribution is -1.93. The van der Waals surface area contributed by atoms with Crippen LogP contribution in [0, 0.1) is 0 Å². The molecule has 0 fully saturated rings. The molecule has 1 aromatic carbocycles. The molecule has 2 heteroatoms. The second-order valence-corrected chi connectivity index (χ2v) is 2.32. The van der Waals surface area contributed by atoms with Crippen molar-refractivity contribution < 1.29 is 9.84 Å². The summed E-state index contributed by atoms with van der Waals surface area (Å²) in [5.74, 6) is 0.665. The standard InChI is InChI=1S/C9H11O2/c1-2-6-11-9-5-3-4-8(10)7-9/h3-5,7H,2,6H2,1H3. The topological polar surface area (TPSA) is 29.1 Å². The maximum Gasteiger partial charge on any atom is 0.182 e. The highest BCUT2D eigenvalue weighted by atomic mass is 16.5. The van der Waals surface area contributed by atoms with Crippen molar-refractivity contribution in [3.63, 3.8) is 0 Å². The van der Waals surface area contributed by atoms with E-state index in [-0.39, 0.29) is 5.75 Å². The van der Waals surface area contributed by atoms with Crippen molar-refractivity contribution in [1.82, 2.24) is 0 Å². The molecule has 0 amide bonds. The first kappa shape index (κ1) is 7.92. The number of benzene rings is 1. The molecule has 0 aliphatic rings. The summed E-state index contributed by atoms with van der Waals surface area (Å²) < 4.78 is 5.24. The first-order valence-electron chi connectivity index (χ1n) is 3.73. The van der Waals surface area contributed by atoms with E-state index in [4.69, 9.17) is 4.74 Å². The highest BCUT2D eigenvalue weighted by Crippen LogP contribution is 2.18. The van der Waals surface area contributed by atoms with E-state index in [0.717, 1.165) is 6.42 Å². The molecule has 0 atom stereocenters. The van der Waals surface area contributed by atoms with Crippen LogP contribution in [0.3, 0.4) is 0 Å². The van der Waals surface area contributed by atoms with Crippen LogP contribution in [-0.4, -0.2) is 6.61 Å². The molecule has 0 unspecified atom stereocenters. The van der Waals surface area contributed by atoms with Crippen LogP contribution >= 0.6 is 0 Å². The van der Waals surface area contributed by atoms with Crippen molar-refractivity contribution in [3.8, 4) is 11.5 Å². The van der Waals surface area contributed by atoms with Gasteiger partial charge in [0.25, 0.3) is 0 Å². The van der Waals surface area contributed by atoms with E-state index < -0.39 is 0 Å². The van der Waals surface area contributed by atoms with Crippen molar-refractivity contribution in [3.05, 3.63) is 24.3 Å². The molecule has 0 bridgehead atoms. The molecule has 2 nitrogen and oxygen atoms in total. The molecule has 0 N–H and O–H groups in total. The third-order valence-electron chi connectivity index (χ3n) is 1.28. The van der Waals surface area contributed by atoms with Gasteiger partial charge in [-0.3, -0.25) is 5.11 Å². The van der Waals surface area contributed by atoms with Crippen LogP contribution in [0.15, 0.2) is 24.3 Å². The molecule has 1 aromatic rings. The first-order valence-corrected chi connectivity index (χ1v) is 3.73. The molecule has 59 valence electrons. The smallest absolute Gasteiger partial charge is 0.182 e. The van der Waals surface area contributed by atoms with Gasteiger partial charge in [-0.05, 0) is 18.6 Å². The molecule has 0 saturated heterocycles. The van der Waals surface area contributed by atoms with E-state index in [1.807, 2.05) is 6.92 Å². The van der Waals surface area contributed by atoms with Gasteiger partial charge < -0.3 is 4.74 Å². The fraction of sp³-hybridized carbons (Fsp3) is 0.333. The van der Waals surface area contributed by atoms with E-state index in [1.165, 1.54) is 12.1 Å². The second kappa shape index (κ2) is 3.86. The highest BCUT2D eigenvalue weighted by Gasteiger charge is 1.94. The molecule has 0 aliphatic heterocycles. The Bertz CT molecular complexity index is 221. The molecule has 1 radical (unpaired) electrons. The van der Waals surface area contributed by atoms with Crippen LogP contribution < -0.4 is 4.74 Å². The summed E-state index contributed by atoms with van der Waals surface area (Å²) in [4.78, 5) is 0. The van der Waals surface area contributed by atoms with Crippen LogP contribution in [0.4, 0.5) is 0 Å². The van der Waals surface area contributed by atoms with Gasteiger partial charge >= 0.3 is 0 Å². The number of rotatable bonds is 3. The Morgan fingerprint density at radius 3 is 2.91 bits per heavy atom. The van der Waals surface area contributed by atoms with Gasteiger partial charge in [0.15, 0.2) is 5.75 Å². The fourth-order valence-corrected chi connectivity index (χ4v) is 0.784. The Hall–Kier alpha value is -1.18. The van der Waals surface area contributed by atoms with Crippen LogP contribution in [0.2, 0.25) is 0 Å². The van der Waals surface area contributed by atoms with Gasteiger partial charge in [-0.2, -0.15) is 0 Å². The summed E-state index contributed by atoms with van der Waals surface area (Å²) in [7, 11) is 0. The number of hydrogen-bond donors (Lipinski definition) is 0. The van der Waals surface area contributed by atoms with E-state index in [2.05, 4.69) is 0 Å². The second-order valence-electron chi connectivity index (χ2n) is 2.32. The summed E-state index contributed by atoms with van der Waals surface area (Å²) in [6.45, 7) is 2.70. The predicted octanol–water partition coefficient (Wildman–Crippen LogP) is 2.62. The Labute approximate surface area is 66.4 Å². The van der Waals surface area contributed by atoms with Gasteiger partial charge in [0.05, 0.1) is 6.61 Å². The van der Waals surface area contributed by atoms with Crippen LogP contribution in [0.1, 0.15) is 13.3 Å². The summed E-state index contributed by atoms with van der Waals surface area (Å²) in [6, 6.07) is 6.50. The van der Waals surface area contributed by atoms with Gasteiger partial charge in [0.2, 0.25) is 0 Å². The Balaban J connectivity index is 2.56. The van der Waals surface area contributed by atoms with Gasteiger partial charge in [-0.15, -0.1) is 0 Å². The van der Waals surface area contributed by atoms with Crippen molar-refractivity contribution in [2.45, 2.75) is 13.3 Å². The van der Waals surface area contributed by atoms with Gasteiger partial charge in [0, 0.05) is 6.07 Å². The lowest BCUT2D eigenvalue weighted by atomic mass is 10.3. The molecule has 11 heavy (non-hydrogen) atoms. The zero-order valence-corrected chi connectivity index (χ0v) is 6.54. The van der Waals surface area contributed by atoms with Crippen LogP contribution in [0.5, 0.6) is 11.5 Å². The fourth-order valence-electron chi connectivity index (χ4n) is 0.784. The average molecular weight is 151 g/mol. The monoisotopic (exact) mass is 151 g/mol. The zero-order chi connectivity index (χ0) is 8.10. The Morgan fingerprint density at radius 1 is 1.45 bits per heavy atom. The van der Waals surface area contributed by atoms with E-state index >= 15 is 0 Å². The van der Waals surface area contributed by atoms with Crippen molar-refractivity contribution in [1.29, 1.82) is 0 Å². The minimum atomic E-state index is -0.00129.